The fourth-order valence-corrected chi connectivity index (χ4v) is 2.88. The van der Waals surface area contributed by atoms with Crippen LogP contribution in [0, 0.1) is 0 Å². The predicted molar refractivity (Wildman–Crippen MR) is 83.1 cm³/mol. The Bertz CT molecular complexity index is 583. The molecule has 0 spiro atoms. The van der Waals surface area contributed by atoms with Gasteiger partial charge in [0.15, 0.2) is 0 Å². The minimum Gasteiger partial charge on any atom is -0.344 e. The molecule has 3 rings (SSSR count). The van der Waals surface area contributed by atoms with Gasteiger partial charge in [0.2, 0.25) is 5.91 Å². The quantitative estimate of drug-likeness (QED) is 0.879. The number of hydrogen-bond acceptors (Lipinski definition) is 3. The Morgan fingerprint density at radius 1 is 1.43 bits per heavy atom. The van der Waals surface area contributed by atoms with Crippen LogP contribution in [0.3, 0.4) is 0 Å². The predicted octanol–water partition coefficient (Wildman–Crippen LogP) is 1.71. The monoisotopic (exact) mass is 286 g/mol. The van der Waals surface area contributed by atoms with Gasteiger partial charge in [-0.25, -0.2) is 4.98 Å². The number of aryl methyl sites for hydroxylation is 1. The number of amides is 1. The molecule has 1 aliphatic rings. The molecule has 0 bridgehead atoms. The number of hydrogen-bond donors (Lipinski definition) is 2. The molecule has 2 heterocycles. The standard InChI is InChI=1S/C16H22N4O/c1-20(16(21)14-8-4-10-17-14)11-5-9-15-18-12-6-2-3-7-13(12)19-15/h2-3,6-7,14,17H,4-5,8-11H2,1H3,(H,18,19). The largest absolute Gasteiger partial charge is 0.344 e. The lowest BCUT2D eigenvalue weighted by molar-refractivity contribution is -0.131. The van der Waals surface area contributed by atoms with Crippen LogP contribution in [0.2, 0.25) is 0 Å². The van der Waals surface area contributed by atoms with Crippen LogP contribution in [0.4, 0.5) is 0 Å². The molecular weight excluding hydrogens is 264 g/mol. The maximum Gasteiger partial charge on any atom is 0.239 e. The molecular formula is C16H22N4O. The van der Waals surface area contributed by atoms with Crippen LogP contribution in [0.15, 0.2) is 24.3 Å². The number of imidazole rings is 1. The molecule has 0 saturated carbocycles. The first-order chi connectivity index (χ1) is 10.2. The summed E-state index contributed by atoms with van der Waals surface area (Å²) in [7, 11) is 1.89. The van der Waals surface area contributed by atoms with Gasteiger partial charge in [0, 0.05) is 20.0 Å². The van der Waals surface area contributed by atoms with Gasteiger partial charge in [-0.2, -0.15) is 0 Å². The van der Waals surface area contributed by atoms with Crippen LogP contribution in [0.25, 0.3) is 11.0 Å². The maximum atomic E-state index is 12.2. The van der Waals surface area contributed by atoms with Crippen LogP contribution in [-0.4, -0.2) is 47.0 Å². The van der Waals surface area contributed by atoms with Crippen molar-refractivity contribution in [2.75, 3.05) is 20.1 Å². The number of fused-ring (bicyclic) bond motifs is 1. The summed E-state index contributed by atoms with van der Waals surface area (Å²) < 4.78 is 0. The Kier molecular flexibility index (Phi) is 4.20. The summed E-state index contributed by atoms with van der Waals surface area (Å²) in [6, 6.07) is 8.07. The van der Waals surface area contributed by atoms with E-state index in [9.17, 15) is 4.79 Å². The minimum atomic E-state index is 0.0289. The third kappa shape index (κ3) is 3.24. The summed E-state index contributed by atoms with van der Waals surface area (Å²) in [5.41, 5.74) is 2.08. The highest BCUT2D eigenvalue weighted by Crippen LogP contribution is 2.12. The summed E-state index contributed by atoms with van der Waals surface area (Å²) in [5.74, 6) is 1.22. The van der Waals surface area contributed by atoms with Crippen molar-refractivity contribution in [1.82, 2.24) is 20.2 Å². The topological polar surface area (TPSA) is 61.0 Å². The summed E-state index contributed by atoms with van der Waals surface area (Å²) in [6.07, 6.45) is 3.86. The van der Waals surface area contributed by atoms with Gasteiger partial charge in [-0.3, -0.25) is 4.79 Å². The molecule has 1 atom stereocenters. The van der Waals surface area contributed by atoms with E-state index in [1.807, 2.05) is 36.2 Å². The molecule has 1 fully saturated rings. The van der Waals surface area contributed by atoms with E-state index in [-0.39, 0.29) is 11.9 Å². The van der Waals surface area contributed by atoms with Crippen LogP contribution < -0.4 is 5.32 Å². The number of likely N-dealkylation sites (N-methyl/N-ethyl adjacent to an activating group) is 1. The Labute approximate surface area is 124 Å². The Balaban J connectivity index is 1.49. The van der Waals surface area contributed by atoms with Gasteiger partial charge in [-0.15, -0.1) is 0 Å². The lowest BCUT2D eigenvalue weighted by Crippen LogP contribution is -2.42. The van der Waals surface area contributed by atoms with E-state index in [0.717, 1.165) is 55.6 Å². The van der Waals surface area contributed by atoms with Crippen molar-refractivity contribution in [3.8, 4) is 0 Å². The fraction of sp³-hybridized carbons (Fsp3) is 0.500. The molecule has 21 heavy (non-hydrogen) atoms. The zero-order chi connectivity index (χ0) is 14.7. The van der Waals surface area contributed by atoms with E-state index < -0.39 is 0 Å². The molecule has 5 heteroatoms. The number of nitrogens with zero attached hydrogens (tertiary/aromatic N) is 2. The Hall–Kier alpha value is -1.88. The molecule has 2 N–H and O–H groups in total. The summed E-state index contributed by atoms with van der Waals surface area (Å²) >= 11 is 0. The number of nitrogens with one attached hydrogen (secondary N) is 2. The van der Waals surface area contributed by atoms with Crippen LogP contribution in [-0.2, 0) is 11.2 Å². The van der Waals surface area contributed by atoms with Gasteiger partial charge >= 0.3 is 0 Å². The SMILES string of the molecule is CN(CCCc1nc2ccccc2[nH]1)C(=O)C1CCCN1. The lowest BCUT2D eigenvalue weighted by Gasteiger charge is -2.20. The van der Waals surface area contributed by atoms with E-state index in [4.69, 9.17) is 0 Å². The van der Waals surface area contributed by atoms with Crippen LogP contribution >= 0.6 is 0 Å². The average molecular weight is 286 g/mol. The molecule has 2 aromatic rings. The number of rotatable bonds is 5. The van der Waals surface area contributed by atoms with Crippen molar-refractivity contribution < 1.29 is 4.79 Å². The van der Waals surface area contributed by atoms with Crippen molar-refractivity contribution in [2.24, 2.45) is 0 Å². The molecule has 1 saturated heterocycles. The number of benzene rings is 1. The Morgan fingerprint density at radius 2 is 2.29 bits per heavy atom. The molecule has 1 amide bonds. The summed E-state index contributed by atoms with van der Waals surface area (Å²) in [4.78, 5) is 21.9. The van der Waals surface area contributed by atoms with E-state index in [0.29, 0.717) is 0 Å². The van der Waals surface area contributed by atoms with Crippen molar-refractivity contribution >= 4 is 16.9 Å². The number of carbonyl (C=O) groups is 1. The lowest BCUT2D eigenvalue weighted by atomic mass is 10.2. The minimum absolute atomic E-state index is 0.0289. The molecule has 112 valence electrons. The van der Waals surface area contributed by atoms with Gasteiger partial charge in [0.25, 0.3) is 0 Å². The molecule has 1 aromatic heterocycles. The van der Waals surface area contributed by atoms with Gasteiger partial charge in [0.1, 0.15) is 5.82 Å². The number of para-hydroxylation sites is 2. The highest BCUT2D eigenvalue weighted by molar-refractivity contribution is 5.81. The zero-order valence-electron chi connectivity index (χ0n) is 12.4. The van der Waals surface area contributed by atoms with Crippen LogP contribution in [0.5, 0.6) is 0 Å². The highest BCUT2D eigenvalue weighted by Gasteiger charge is 2.24. The van der Waals surface area contributed by atoms with E-state index in [2.05, 4.69) is 15.3 Å². The van der Waals surface area contributed by atoms with E-state index in [1.54, 1.807) is 0 Å². The third-order valence-electron chi connectivity index (χ3n) is 4.08. The maximum absolute atomic E-state index is 12.2. The number of aromatic nitrogens is 2. The fourth-order valence-electron chi connectivity index (χ4n) is 2.88. The molecule has 1 aliphatic heterocycles. The van der Waals surface area contributed by atoms with Gasteiger partial charge in [-0.05, 0) is 37.9 Å². The molecule has 5 nitrogen and oxygen atoms in total. The molecule has 0 radical (unpaired) electrons. The van der Waals surface area contributed by atoms with Crippen molar-refractivity contribution in [1.29, 1.82) is 0 Å². The summed E-state index contributed by atoms with van der Waals surface area (Å²) in [5, 5.41) is 3.25. The number of carbonyl (C=O) groups excluding carboxylic acids is 1. The van der Waals surface area contributed by atoms with Gasteiger partial charge in [0.05, 0.1) is 17.1 Å². The Morgan fingerprint density at radius 3 is 3.05 bits per heavy atom. The van der Waals surface area contributed by atoms with Gasteiger partial charge in [-0.1, -0.05) is 12.1 Å². The first kappa shape index (κ1) is 14.1. The average Bonchev–Trinajstić information content (AvgIpc) is 3.15. The molecule has 1 unspecified atom stereocenters. The van der Waals surface area contributed by atoms with Crippen molar-refractivity contribution in [3.05, 3.63) is 30.1 Å². The highest BCUT2D eigenvalue weighted by atomic mass is 16.2. The second-order valence-corrected chi connectivity index (χ2v) is 5.71. The molecule has 0 aliphatic carbocycles. The zero-order valence-corrected chi connectivity index (χ0v) is 12.4. The number of aromatic amines is 1. The first-order valence-electron chi connectivity index (χ1n) is 7.66. The third-order valence-corrected chi connectivity index (χ3v) is 4.08. The van der Waals surface area contributed by atoms with Gasteiger partial charge < -0.3 is 15.2 Å². The van der Waals surface area contributed by atoms with Crippen LogP contribution in [0.1, 0.15) is 25.1 Å². The first-order valence-corrected chi connectivity index (χ1v) is 7.66. The smallest absolute Gasteiger partial charge is 0.239 e. The normalized spacial score (nSPS) is 18.2. The molecule has 1 aromatic carbocycles. The van der Waals surface area contributed by atoms with Crippen molar-refractivity contribution in [2.45, 2.75) is 31.7 Å². The van der Waals surface area contributed by atoms with Crippen molar-refractivity contribution in [3.63, 3.8) is 0 Å². The number of H-pyrrole nitrogens is 1. The summed E-state index contributed by atoms with van der Waals surface area (Å²) in [6.45, 7) is 1.73. The van der Waals surface area contributed by atoms with E-state index in [1.165, 1.54) is 0 Å². The second kappa shape index (κ2) is 6.26. The second-order valence-electron chi connectivity index (χ2n) is 5.71. The van der Waals surface area contributed by atoms with E-state index >= 15 is 0 Å².